The number of rotatable bonds is 5. The number of benzene rings is 2. The SMILES string of the molecule is C[C@@H](NC(=O)COC(=O)C1=Cc2ccccc2OC1)c1cc2ccccc2o1. The lowest BCUT2D eigenvalue weighted by Gasteiger charge is -2.17. The Balaban J connectivity index is 1.33. The molecule has 1 N–H and O–H groups in total. The van der Waals surface area contributed by atoms with Crippen LogP contribution in [0, 0.1) is 0 Å². The Morgan fingerprint density at radius 1 is 1.14 bits per heavy atom. The number of nitrogens with one attached hydrogen (secondary N) is 1. The Morgan fingerprint density at radius 3 is 2.79 bits per heavy atom. The minimum atomic E-state index is -0.568. The molecule has 0 saturated carbocycles. The van der Waals surface area contributed by atoms with Gasteiger partial charge in [-0.1, -0.05) is 36.4 Å². The fourth-order valence-corrected chi connectivity index (χ4v) is 3.03. The van der Waals surface area contributed by atoms with Crippen molar-refractivity contribution in [2.75, 3.05) is 13.2 Å². The quantitative estimate of drug-likeness (QED) is 0.687. The van der Waals surface area contributed by atoms with Gasteiger partial charge in [0.1, 0.15) is 23.7 Å². The number of hydrogen-bond donors (Lipinski definition) is 1. The molecule has 6 nitrogen and oxygen atoms in total. The summed E-state index contributed by atoms with van der Waals surface area (Å²) in [6, 6.07) is 16.6. The highest BCUT2D eigenvalue weighted by molar-refractivity contribution is 5.96. The highest BCUT2D eigenvalue weighted by Crippen LogP contribution is 2.26. The number of fused-ring (bicyclic) bond motifs is 2. The van der Waals surface area contributed by atoms with E-state index in [0.717, 1.165) is 22.3 Å². The molecule has 0 aliphatic carbocycles. The molecule has 0 bridgehead atoms. The predicted octanol–water partition coefficient (Wildman–Crippen LogP) is 3.63. The van der Waals surface area contributed by atoms with Crippen molar-refractivity contribution >= 4 is 28.9 Å². The van der Waals surface area contributed by atoms with Crippen LogP contribution in [0.4, 0.5) is 0 Å². The average Bonchev–Trinajstić information content (AvgIpc) is 3.16. The van der Waals surface area contributed by atoms with E-state index < -0.39 is 11.9 Å². The molecule has 1 amide bonds. The summed E-state index contributed by atoms with van der Waals surface area (Å²) in [5.41, 5.74) is 1.94. The van der Waals surface area contributed by atoms with Gasteiger partial charge in [-0.15, -0.1) is 0 Å². The second-order valence-electron chi connectivity index (χ2n) is 6.55. The third-order valence-electron chi connectivity index (χ3n) is 4.48. The van der Waals surface area contributed by atoms with Crippen LogP contribution in [0.3, 0.4) is 0 Å². The van der Waals surface area contributed by atoms with E-state index in [1.807, 2.05) is 61.5 Å². The number of esters is 1. The maximum atomic E-state index is 12.2. The van der Waals surface area contributed by atoms with Crippen LogP contribution in [0.15, 0.2) is 64.6 Å². The summed E-state index contributed by atoms with van der Waals surface area (Å²) in [5.74, 6) is 0.386. The van der Waals surface area contributed by atoms with Crippen molar-refractivity contribution in [3.63, 3.8) is 0 Å². The molecule has 2 aromatic carbocycles. The lowest BCUT2D eigenvalue weighted by Crippen LogP contribution is -2.31. The molecule has 0 fully saturated rings. The third-order valence-corrected chi connectivity index (χ3v) is 4.48. The third kappa shape index (κ3) is 3.76. The minimum absolute atomic E-state index is 0.118. The smallest absolute Gasteiger partial charge is 0.338 e. The zero-order valence-corrected chi connectivity index (χ0v) is 15.3. The van der Waals surface area contributed by atoms with Gasteiger partial charge in [0.05, 0.1) is 11.6 Å². The minimum Gasteiger partial charge on any atom is -0.488 e. The fourth-order valence-electron chi connectivity index (χ4n) is 3.03. The van der Waals surface area contributed by atoms with E-state index in [-0.39, 0.29) is 19.3 Å². The largest absolute Gasteiger partial charge is 0.488 e. The standard InChI is InChI=1S/C22H19NO5/c1-14(20-11-16-7-3-5-9-19(16)28-20)23-21(24)13-27-22(25)17-10-15-6-2-4-8-18(15)26-12-17/h2-11,14H,12-13H2,1H3,(H,23,24)/t14-/m1/s1. The first kappa shape index (κ1) is 17.9. The van der Waals surface area contributed by atoms with Crippen LogP contribution in [0.25, 0.3) is 17.0 Å². The molecular weight excluding hydrogens is 358 g/mol. The van der Waals surface area contributed by atoms with E-state index in [2.05, 4.69) is 5.32 Å². The topological polar surface area (TPSA) is 77.8 Å². The zero-order valence-electron chi connectivity index (χ0n) is 15.3. The molecule has 0 radical (unpaired) electrons. The van der Waals surface area contributed by atoms with Crippen LogP contribution in [-0.2, 0) is 14.3 Å². The van der Waals surface area contributed by atoms with Crippen LogP contribution in [0.1, 0.15) is 24.3 Å². The monoisotopic (exact) mass is 377 g/mol. The second-order valence-corrected chi connectivity index (χ2v) is 6.55. The molecule has 28 heavy (non-hydrogen) atoms. The molecule has 1 aromatic heterocycles. The second kappa shape index (κ2) is 7.60. The molecule has 3 aromatic rings. The average molecular weight is 377 g/mol. The molecule has 2 heterocycles. The Morgan fingerprint density at radius 2 is 1.93 bits per heavy atom. The zero-order chi connectivity index (χ0) is 19.5. The van der Waals surface area contributed by atoms with E-state index in [1.165, 1.54) is 0 Å². The van der Waals surface area contributed by atoms with Crippen LogP contribution >= 0.6 is 0 Å². The van der Waals surface area contributed by atoms with Crippen molar-refractivity contribution < 1.29 is 23.5 Å². The molecule has 4 rings (SSSR count). The van der Waals surface area contributed by atoms with Gasteiger partial charge >= 0.3 is 5.97 Å². The first-order chi connectivity index (χ1) is 13.6. The normalized spacial score (nSPS) is 13.8. The summed E-state index contributed by atoms with van der Waals surface area (Å²) in [6.45, 7) is 1.56. The fraction of sp³-hybridized carbons (Fsp3) is 0.182. The molecule has 0 spiro atoms. The van der Waals surface area contributed by atoms with Crippen molar-refractivity contribution in [1.82, 2.24) is 5.32 Å². The molecule has 1 aliphatic rings. The summed E-state index contributed by atoms with van der Waals surface area (Å²) in [5, 5.41) is 3.74. The number of ether oxygens (including phenoxy) is 2. The Hall–Kier alpha value is -3.54. The number of furan rings is 1. The van der Waals surface area contributed by atoms with Crippen LogP contribution in [0.2, 0.25) is 0 Å². The van der Waals surface area contributed by atoms with E-state index in [4.69, 9.17) is 13.9 Å². The maximum Gasteiger partial charge on any atom is 0.338 e. The van der Waals surface area contributed by atoms with Crippen molar-refractivity contribution in [3.05, 3.63) is 71.5 Å². The van der Waals surface area contributed by atoms with Crippen molar-refractivity contribution in [2.24, 2.45) is 0 Å². The van der Waals surface area contributed by atoms with Crippen LogP contribution in [0.5, 0.6) is 5.75 Å². The van der Waals surface area contributed by atoms with Gasteiger partial charge in [-0.05, 0) is 31.2 Å². The molecule has 1 atom stereocenters. The molecule has 6 heteroatoms. The molecular formula is C22H19NO5. The molecule has 0 saturated heterocycles. The van der Waals surface area contributed by atoms with Gasteiger partial charge in [-0.3, -0.25) is 4.79 Å². The summed E-state index contributed by atoms with van der Waals surface area (Å²) >= 11 is 0. The van der Waals surface area contributed by atoms with Gasteiger partial charge < -0.3 is 19.2 Å². The first-order valence-corrected chi connectivity index (χ1v) is 8.97. The number of carbonyl (C=O) groups is 2. The molecule has 0 unspecified atom stereocenters. The lowest BCUT2D eigenvalue weighted by atomic mass is 10.1. The van der Waals surface area contributed by atoms with Gasteiger partial charge in [0.25, 0.3) is 5.91 Å². The highest BCUT2D eigenvalue weighted by Gasteiger charge is 2.20. The highest BCUT2D eigenvalue weighted by atomic mass is 16.5. The summed E-state index contributed by atoms with van der Waals surface area (Å²) in [7, 11) is 0. The van der Waals surface area contributed by atoms with E-state index >= 15 is 0 Å². The van der Waals surface area contributed by atoms with E-state index in [9.17, 15) is 9.59 Å². The first-order valence-electron chi connectivity index (χ1n) is 8.97. The van der Waals surface area contributed by atoms with Gasteiger partial charge in [0.15, 0.2) is 6.61 Å². The number of amides is 1. The Bertz CT molecular complexity index is 1030. The maximum absolute atomic E-state index is 12.2. The number of carbonyl (C=O) groups excluding carboxylic acids is 2. The Labute approximate surface area is 161 Å². The summed E-state index contributed by atoms with van der Waals surface area (Å²) < 4.78 is 16.4. The Kier molecular flexibility index (Phi) is 4.85. The van der Waals surface area contributed by atoms with Gasteiger partial charge in [-0.25, -0.2) is 4.79 Å². The van der Waals surface area contributed by atoms with Crippen LogP contribution < -0.4 is 10.1 Å². The van der Waals surface area contributed by atoms with Gasteiger partial charge in [-0.2, -0.15) is 0 Å². The van der Waals surface area contributed by atoms with Gasteiger partial charge in [0.2, 0.25) is 0 Å². The van der Waals surface area contributed by atoms with Crippen molar-refractivity contribution in [2.45, 2.75) is 13.0 Å². The van der Waals surface area contributed by atoms with Crippen molar-refractivity contribution in [3.8, 4) is 5.75 Å². The summed E-state index contributed by atoms with van der Waals surface area (Å²) in [6.07, 6.45) is 1.72. The van der Waals surface area contributed by atoms with E-state index in [0.29, 0.717) is 11.3 Å². The van der Waals surface area contributed by atoms with Crippen molar-refractivity contribution in [1.29, 1.82) is 0 Å². The number of hydrogen-bond acceptors (Lipinski definition) is 5. The lowest BCUT2D eigenvalue weighted by molar-refractivity contribution is -0.145. The predicted molar refractivity (Wildman–Crippen MR) is 104 cm³/mol. The molecule has 1 aliphatic heterocycles. The van der Waals surface area contributed by atoms with Crippen LogP contribution in [-0.4, -0.2) is 25.1 Å². The number of para-hydroxylation sites is 2. The van der Waals surface area contributed by atoms with E-state index in [1.54, 1.807) is 6.08 Å². The van der Waals surface area contributed by atoms with Gasteiger partial charge in [0, 0.05) is 10.9 Å². The summed E-state index contributed by atoms with van der Waals surface area (Å²) in [4.78, 5) is 24.4. The molecule has 142 valence electrons.